The number of rotatable bonds is 3. The van der Waals surface area contributed by atoms with Crippen molar-refractivity contribution >= 4 is 76.1 Å². The van der Waals surface area contributed by atoms with Crippen LogP contribution in [0.25, 0.3) is 104 Å². The first-order valence-corrected chi connectivity index (χ1v) is 16.9. The highest BCUT2D eigenvalue weighted by Crippen LogP contribution is 2.42. The third-order valence-electron chi connectivity index (χ3n) is 10.3. The van der Waals surface area contributed by atoms with Crippen LogP contribution in [0.1, 0.15) is 0 Å². The van der Waals surface area contributed by atoms with Crippen molar-refractivity contribution < 1.29 is 4.42 Å². The molecular weight excluding hydrogens is 611 g/mol. The molecule has 0 fully saturated rings. The van der Waals surface area contributed by atoms with Crippen LogP contribution >= 0.6 is 0 Å². The molecule has 50 heavy (non-hydrogen) atoms. The third-order valence-corrected chi connectivity index (χ3v) is 10.3. The lowest BCUT2D eigenvalue weighted by molar-refractivity contribution is 0.669. The molecule has 11 rings (SSSR count). The zero-order valence-corrected chi connectivity index (χ0v) is 26.8. The molecule has 0 radical (unpaired) electrons. The van der Waals surface area contributed by atoms with Gasteiger partial charge in [0.25, 0.3) is 0 Å². The van der Waals surface area contributed by atoms with Gasteiger partial charge in [-0.2, -0.15) is 0 Å². The van der Waals surface area contributed by atoms with Gasteiger partial charge in [0.2, 0.25) is 5.95 Å². The molecule has 3 heterocycles. The number of benzene rings is 8. The quantitative estimate of drug-likeness (QED) is 0.181. The standard InChI is InChI=1S/C46H27N3O/c1-2-10-28(11-3-1)41-22-23-47-46(48-41)49-42-16-8-6-14-34(42)40-26-38-33-20-18-29(24-37(33)31-12-4-5-13-32(31)39(38)27-43(40)49)30-19-21-36-35-15-7-9-17-44(35)50-45(36)25-30/h1-27H. The fourth-order valence-corrected chi connectivity index (χ4v) is 7.94. The number of furan rings is 1. The summed E-state index contributed by atoms with van der Waals surface area (Å²) >= 11 is 0. The van der Waals surface area contributed by atoms with Gasteiger partial charge in [-0.25, -0.2) is 9.97 Å². The molecular formula is C46H27N3O. The minimum absolute atomic E-state index is 0.660. The van der Waals surface area contributed by atoms with E-state index in [9.17, 15) is 0 Å². The van der Waals surface area contributed by atoms with Crippen molar-refractivity contribution in [1.82, 2.24) is 14.5 Å². The predicted octanol–water partition coefficient (Wildman–Crippen LogP) is 12.3. The normalized spacial score (nSPS) is 12.0. The Bertz CT molecular complexity index is 3150. The molecule has 0 atom stereocenters. The molecule has 0 spiro atoms. The second kappa shape index (κ2) is 10.4. The lowest BCUT2D eigenvalue weighted by Crippen LogP contribution is -2.01. The van der Waals surface area contributed by atoms with E-state index in [1.54, 1.807) is 0 Å². The maximum atomic E-state index is 6.26. The lowest BCUT2D eigenvalue weighted by atomic mass is 9.91. The average molecular weight is 638 g/mol. The lowest BCUT2D eigenvalue weighted by Gasteiger charge is -2.13. The van der Waals surface area contributed by atoms with Crippen LogP contribution in [0.5, 0.6) is 0 Å². The molecule has 232 valence electrons. The van der Waals surface area contributed by atoms with Crippen molar-refractivity contribution in [2.75, 3.05) is 0 Å². The van der Waals surface area contributed by atoms with Crippen LogP contribution in [0.4, 0.5) is 0 Å². The molecule has 11 aromatic rings. The maximum absolute atomic E-state index is 6.26. The SMILES string of the molecule is c1ccc(-c2ccnc(-n3c4ccccc4c4cc5c6ccc(-c7ccc8c(c7)oc7ccccc78)cc6c6ccccc6c5cc43)n2)cc1. The van der Waals surface area contributed by atoms with Gasteiger partial charge in [-0.15, -0.1) is 0 Å². The number of aromatic nitrogens is 3. The Morgan fingerprint density at radius 1 is 0.380 bits per heavy atom. The third kappa shape index (κ3) is 3.93. The molecule has 0 saturated heterocycles. The van der Waals surface area contributed by atoms with E-state index in [0.29, 0.717) is 5.95 Å². The van der Waals surface area contributed by atoms with E-state index in [1.807, 2.05) is 42.6 Å². The molecule has 0 unspecified atom stereocenters. The first-order valence-electron chi connectivity index (χ1n) is 16.9. The zero-order valence-electron chi connectivity index (χ0n) is 26.8. The molecule has 4 nitrogen and oxygen atoms in total. The summed E-state index contributed by atoms with van der Waals surface area (Å²) in [4.78, 5) is 9.91. The number of para-hydroxylation sites is 2. The van der Waals surface area contributed by atoms with Gasteiger partial charge in [0.1, 0.15) is 11.2 Å². The van der Waals surface area contributed by atoms with Crippen LogP contribution in [0.15, 0.2) is 168 Å². The van der Waals surface area contributed by atoms with E-state index in [2.05, 4.69) is 126 Å². The van der Waals surface area contributed by atoms with Crippen molar-refractivity contribution in [3.8, 4) is 28.3 Å². The van der Waals surface area contributed by atoms with Gasteiger partial charge in [-0.05, 0) is 92.0 Å². The number of fused-ring (bicyclic) bond motifs is 12. The smallest absolute Gasteiger partial charge is 0.235 e. The van der Waals surface area contributed by atoms with Crippen LogP contribution in [0, 0.1) is 0 Å². The minimum Gasteiger partial charge on any atom is -0.456 e. The Balaban J connectivity index is 1.17. The van der Waals surface area contributed by atoms with Crippen molar-refractivity contribution in [3.05, 3.63) is 164 Å². The van der Waals surface area contributed by atoms with Crippen LogP contribution in [-0.4, -0.2) is 14.5 Å². The second-order valence-corrected chi connectivity index (χ2v) is 13.0. The molecule has 0 aliphatic rings. The highest BCUT2D eigenvalue weighted by atomic mass is 16.3. The van der Waals surface area contributed by atoms with Crippen molar-refractivity contribution in [2.24, 2.45) is 0 Å². The molecule has 0 amide bonds. The van der Waals surface area contributed by atoms with Crippen LogP contribution in [0.2, 0.25) is 0 Å². The molecule has 8 aromatic carbocycles. The van der Waals surface area contributed by atoms with Crippen molar-refractivity contribution in [1.29, 1.82) is 0 Å². The summed E-state index contributed by atoms with van der Waals surface area (Å²) in [5.74, 6) is 0.660. The Labute approximate surface area is 286 Å². The molecule has 0 saturated carbocycles. The Hall–Kier alpha value is -6.78. The fraction of sp³-hybridized carbons (Fsp3) is 0. The molecule has 0 aliphatic heterocycles. The van der Waals surface area contributed by atoms with E-state index in [4.69, 9.17) is 14.4 Å². The number of nitrogens with zero attached hydrogens (tertiary/aromatic N) is 3. The molecule has 4 heteroatoms. The van der Waals surface area contributed by atoms with Gasteiger partial charge in [-0.1, -0.05) is 109 Å². The first kappa shape index (κ1) is 27.2. The predicted molar refractivity (Wildman–Crippen MR) is 207 cm³/mol. The molecule has 0 aliphatic carbocycles. The molecule has 0 bridgehead atoms. The first-order chi connectivity index (χ1) is 24.8. The van der Waals surface area contributed by atoms with Gasteiger partial charge in [0.15, 0.2) is 0 Å². The Morgan fingerprint density at radius 3 is 1.84 bits per heavy atom. The van der Waals surface area contributed by atoms with E-state index < -0.39 is 0 Å². The van der Waals surface area contributed by atoms with E-state index in [-0.39, 0.29) is 0 Å². The van der Waals surface area contributed by atoms with Gasteiger partial charge in [0.05, 0.1) is 16.7 Å². The maximum Gasteiger partial charge on any atom is 0.235 e. The summed E-state index contributed by atoms with van der Waals surface area (Å²) in [6.07, 6.45) is 1.86. The van der Waals surface area contributed by atoms with Gasteiger partial charge < -0.3 is 4.42 Å². The average Bonchev–Trinajstić information content (AvgIpc) is 3.72. The van der Waals surface area contributed by atoms with Crippen LogP contribution in [0.3, 0.4) is 0 Å². The molecule has 0 N–H and O–H groups in total. The van der Waals surface area contributed by atoms with Crippen LogP contribution in [-0.2, 0) is 0 Å². The topological polar surface area (TPSA) is 43.9 Å². The second-order valence-electron chi connectivity index (χ2n) is 13.0. The van der Waals surface area contributed by atoms with Crippen molar-refractivity contribution in [2.45, 2.75) is 0 Å². The van der Waals surface area contributed by atoms with E-state index in [0.717, 1.165) is 55.4 Å². The van der Waals surface area contributed by atoms with E-state index in [1.165, 1.54) is 43.1 Å². The molecule has 3 aromatic heterocycles. The Kier molecular flexibility index (Phi) is 5.63. The zero-order chi connectivity index (χ0) is 32.8. The van der Waals surface area contributed by atoms with Crippen molar-refractivity contribution in [3.63, 3.8) is 0 Å². The summed E-state index contributed by atoms with van der Waals surface area (Å²) in [6, 6.07) is 56.0. The van der Waals surface area contributed by atoms with Crippen LogP contribution < -0.4 is 0 Å². The number of hydrogen-bond acceptors (Lipinski definition) is 3. The fourth-order valence-electron chi connectivity index (χ4n) is 7.94. The highest BCUT2D eigenvalue weighted by Gasteiger charge is 2.18. The largest absolute Gasteiger partial charge is 0.456 e. The minimum atomic E-state index is 0.660. The summed E-state index contributed by atoms with van der Waals surface area (Å²) in [7, 11) is 0. The monoisotopic (exact) mass is 637 g/mol. The van der Waals surface area contributed by atoms with Gasteiger partial charge in [0, 0.05) is 33.3 Å². The summed E-state index contributed by atoms with van der Waals surface area (Å²) in [5, 5.41) is 12.0. The highest BCUT2D eigenvalue weighted by molar-refractivity contribution is 6.29. The van der Waals surface area contributed by atoms with Gasteiger partial charge >= 0.3 is 0 Å². The van der Waals surface area contributed by atoms with E-state index >= 15 is 0 Å². The van der Waals surface area contributed by atoms with Gasteiger partial charge in [-0.3, -0.25) is 4.57 Å². The summed E-state index contributed by atoms with van der Waals surface area (Å²) in [6.45, 7) is 0. The Morgan fingerprint density at radius 2 is 1.00 bits per heavy atom. The number of hydrogen-bond donors (Lipinski definition) is 0. The summed E-state index contributed by atoms with van der Waals surface area (Å²) in [5.41, 5.74) is 8.26. The summed E-state index contributed by atoms with van der Waals surface area (Å²) < 4.78 is 8.47.